The Labute approximate surface area is 181 Å². The number of carbonyl (C=O) groups excluding carboxylic acids is 1. The molecular weight excluding hydrogens is 395 g/mol. The summed E-state index contributed by atoms with van der Waals surface area (Å²) in [7, 11) is 0. The third-order valence-electron chi connectivity index (χ3n) is 5.59. The van der Waals surface area contributed by atoms with Crippen LogP contribution in [0, 0.1) is 12.7 Å². The van der Waals surface area contributed by atoms with Gasteiger partial charge in [-0.05, 0) is 43.2 Å². The number of nitrogens with zero attached hydrogens (tertiary/aromatic N) is 4. The molecule has 1 saturated heterocycles. The van der Waals surface area contributed by atoms with Crippen LogP contribution in [-0.2, 0) is 17.8 Å². The van der Waals surface area contributed by atoms with Crippen LogP contribution in [0.4, 0.5) is 4.39 Å². The summed E-state index contributed by atoms with van der Waals surface area (Å²) in [5.74, 6) is 0.624. The first kappa shape index (κ1) is 21.2. The average Bonchev–Trinajstić information content (AvgIpc) is 3.13. The van der Waals surface area contributed by atoms with Crippen molar-refractivity contribution in [1.29, 1.82) is 0 Å². The number of rotatable bonds is 6. The minimum absolute atomic E-state index is 0.110. The van der Waals surface area contributed by atoms with Crippen molar-refractivity contribution < 1.29 is 13.7 Å². The number of aromatic nitrogens is 2. The predicted octanol–water partition coefficient (Wildman–Crippen LogP) is 3.85. The highest BCUT2D eigenvalue weighted by Crippen LogP contribution is 2.17. The first-order chi connectivity index (χ1) is 15.1. The number of hydrogen-bond acceptors (Lipinski definition) is 5. The van der Waals surface area contributed by atoms with Crippen LogP contribution in [0.25, 0.3) is 11.4 Å². The van der Waals surface area contributed by atoms with Crippen molar-refractivity contribution in [2.24, 2.45) is 0 Å². The predicted molar refractivity (Wildman–Crippen MR) is 116 cm³/mol. The second-order valence-electron chi connectivity index (χ2n) is 8.01. The SMILES string of the molecule is Cc1ccc(CN2CCCN(C(=O)CCc3nc(-c4ccc(F)cc4)no3)CC2)cc1. The maximum absolute atomic E-state index is 13.1. The van der Waals surface area contributed by atoms with Gasteiger partial charge in [-0.3, -0.25) is 9.69 Å². The van der Waals surface area contributed by atoms with Crippen LogP contribution in [0.5, 0.6) is 0 Å². The number of benzene rings is 2. The van der Waals surface area contributed by atoms with E-state index in [0.717, 1.165) is 39.1 Å². The van der Waals surface area contributed by atoms with Crippen LogP contribution in [0.2, 0.25) is 0 Å². The molecule has 1 aliphatic heterocycles. The first-order valence-corrected chi connectivity index (χ1v) is 10.7. The molecule has 0 saturated carbocycles. The number of amides is 1. The molecule has 2 heterocycles. The molecule has 0 aliphatic carbocycles. The zero-order valence-corrected chi connectivity index (χ0v) is 17.8. The van der Waals surface area contributed by atoms with Crippen LogP contribution < -0.4 is 0 Å². The van der Waals surface area contributed by atoms with Gasteiger partial charge in [0.1, 0.15) is 5.82 Å². The van der Waals surface area contributed by atoms with Gasteiger partial charge in [0.25, 0.3) is 0 Å². The highest BCUT2D eigenvalue weighted by atomic mass is 19.1. The topological polar surface area (TPSA) is 62.5 Å². The molecule has 0 N–H and O–H groups in total. The van der Waals surface area contributed by atoms with E-state index in [9.17, 15) is 9.18 Å². The number of halogens is 1. The lowest BCUT2D eigenvalue weighted by molar-refractivity contribution is -0.131. The zero-order valence-electron chi connectivity index (χ0n) is 17.8. The lowest BCUT2D eigenvalue weighted by Crippen LogP contribution is -2.35. The fourth-order valence-corrected chi connectivity index (χ4v) is 3.77. The van der Waals surface area contributed by atoms with Gasteiger partial charge < -0.3 is 9.42 Å². The molecule has 3 aromatic rings. The summed E-state index contributed by atoms with van der Waals surface area (Å²) in [6.07, 6.45) is 1.70. The molecule has 4 rings (SSSR count). The molecule has 1 amide bonds. The Morgan fingerprint density at radius 3 is 2.58 bits per heavy atom. The quantitative estimate of drug-likeness (QED) is 0.604. The Hall–Kier alpha value is -3.06. The molecule has 0 spiro atoms. The number of hydrogen-bond donors (Lipinski definition) is 0. The number of aryl methyl sites for hydroxylation is 2. The molecule has 6 nitrogen and oxygen atoms in total. The molecule has 7 heteroatoms. The van der Waals surface area contributed by atoms with E-state index in [1.165, 1.54) is 23.3 Å². The molecule has 1 aliphatic rings. The standard InChI is InChI=1S/C24H27FN4O2/c1-18-3-5-19(6-4-18)17-28-13-2-14-29(16-15-28)23(30)12-11-22-26-24(27-31-22)20-7-9-21(25)10-8-20/h3-10H,2,11-17H2,1H3. The molecule has 0 radical (unpaired) electrons. The number of carbonyl (C=O) groups is 1. The Bertz CT molecular complexity index is 1000. The Kier molecular flexibility index (Phi) is 6.72. The van der Waals surface area contributed by atoms with Crippen LogP contribution in [-0.4, -0.2) is 52.0 Å². The lowest BCUT2D eigenvalue weighted by atomic mass is 10.1. The van der Waals surface area contributed by atoms with Gasteiger partial charge in [0.05, 0.1) is 0 Å². The maximum atomic E-state index is 13.1. The second-order valence-corrected chi connectivity index (χ2v) is 8.01. The van der Waals surface area contributed by atoms with Crippen molar-refractivity contribution in [3.05, 3.63) is 71.4 Å². The van der Waals surface area contributed by atoms with Gasteiger partial charge in [0.2, 0.25) is 17.6 Å². The summed E-state index contributed by atoms with van der Waals surface area (Å²) in [6.45, 7) is 6.37. The highest BCUT2D eigenvalue weighted by Gasteiger charge is 2.20. The van der Waals surface area contributed by atoms with Gasteiger partial charge in [0, 0.05) is 51.1 Å². The normalized spacial score (nSPS) is 15.1. The van der Waals surface area contributed by atoms with Crippen molar-refractivity contribution in [2.45, 2.75) is 32.7 Å². The van der Waals surface area contributed by atoms with Crippen LogP contribution in [0.3, 0.4) is 0 Å². The van der Waals surface area contributed by atoms with Crippen molar-refractivity contribution in [3.63, 3.8) is 0 Å². The van der Waals surface area contributed by atoms with Crippen molar-refractivity contribution in [3.8, 4) is 11.4 Å². The van der Waals surface area contributed by atoms with Gasteiger partial charge >= 0.3 is 0 Å². The van der Waals surface area contributed by atoms with E-state index in [1.54, 1.807) is 12.1 Å². The summed E-state index contributed by atoms with van der Waals surface area (Å²) in [5.41, 5.74) is 3.25. The van der Waals surface area contributed by atoms with E-state index >= 15 is 0 Å². The summed E-state index contributed by atoms with van der Waals surface area (Å²) < 4.78 is 18.3. The van der Waals surface area contributed by atoms with E-state index < -0.39 is 0 Å². The maximum Gasteiger partial charge on any atom is 0.227 e. The molecule has 0 unspecified atom stereocenters. The van der Waals surface area contributed by atoms with Crippen molar-refractivity contribution in [1.82, 2.24) is 19.9 Å². The molecular formula is C24H27FN4O2. The van der Waals surface area contributed by atoms with E-state index in [0.29, 0.717) is 30.1 Å². The van der Waals surface area contributed by atoms with Crippen LogP contribution in [0.1, 0.15) is 29.9 Å². The van der Waals surface area contributed by atoms with Crippen molar-refractivity contribution in [2.75, 3.05) is 26.2 Å². The van der Waals surface area contributed by atoms with Crippen LogP contribution in [0.15, 0.2) is 53.1 Å². The van der Waals surface area contributed by atoms with Gasteiger partial charge in [-0.1, -0.05) is 35.0 Å². The summed E-state index contributed by atoms with van der Waals surface area (Å²) in [5, 5.41) is 3.94. The largest absolute Gasteiger partial charge is 0.341 e. The average molecular weight is 423 g/mol. The van der Waals surface area contributed by atoms with Crippen LogP contribution >= 0.6 is 0 Å². The van der Waals surface area contributed by atoms with Crippen molar-refractivity contribution >= 4 is 5.91 Å². The second kappa shape index (κ2) is 9.83. The first-order valence-electron chi connectivity index (χ1n) is 10.7. The van der Waals surface area contributed by atoms with E-state index in [4.69, 9.17) is 4.52 Å². The zero-order chi connectivity index (χ0) is 21.6. The molecule has 31 heavy (non-hydrogen) atoms. The van der Waals surface area contributed by atoms with Gasteiger partial charge in [-0.25, -0.2) is 4.39 Å². The van der Waals surface area contributed by atoms with Gasteiger partial charge in [0.15, 0.2) is 0 Å². The molecule has 162 valence electrons. The molecule has 1 aromatic heterocycles. The third kappa shape index (κ3) is 5.76. The summed E-state index contributed by atoms with van der Waals surface area (Å²) >= 11 is 0. The van der Waals surface area contributed by atoms with Gasteiger partial charge in [-0.15, -0.1) is 0 Å². The molecule has 0 bridgehead atoms. The van der Waals surface area contributed by atoms with E-state index in [2.05, 4.69) is 46.2 Å². The Balaban J connectivity index is 1.26. The molecule has 2 aromatic carbocycles. The lowest BCUT2D eigenvalue weighted by Gasteiger charge is -2.22. The minimum Gasteiger partial charge on any atom is -0.341 e. The molecule has 1 fully saturated rings. The fourth-order valence-electron chi connectivity index (χ4n) is 3.77. The summed E-state index contributed by atoms with van der Waals surface area (Å²) in [4.78, 5) is 21.4. The fraction of sp³-hybridized carbons (Fsp3) is 0.375. The van der Waals surface area contributed by atoms with E-state index in [-0.39, 0.29) is 11.7 Å². The highest BCUT2D eigenvalue weighted by molar-refractivity contribution is 5.76. The smallest absolute Gasteiger partial charge is 0.227 e. The van der Waals surface area contributed by atoms with E-state index in [1.807, 2.05) is 4.90 Å². The third-order valence-corrected chi connectivity index (χ3v) is 5.59. The summed E-state index contributed by atoms with van der Waals surface area (Å²) in [6, 6.07) is 14.6. The monoisotopic (exact) mass is 422 g/mol. The van der Waals surface area contributed by atoms with Gasteiger partial charge in [-0.2, -0.15) is 4.98 Å². The Morgan fingerprint density at radius 2 is 1.81 bits per heavy atom. The Morgan fingerprint density at radius 1 is 1.03 bits per heavy atom. The minimum atomic E-state index is -0.312. The molecule has 0 atom stereocenters.